The molecule has 152 valence electrons. The van der Waals surface area contributed by atoms with Gasteiger partial charge in [0, 0.05) is 22.4 Å². The maximum atomic E-state index is 12.7. The van der Waals surface area contributed by atoms with Gasteiger partial charge in [-0.05, 0) is 49.8 Å². The van der Waals surface area contributed by atoms with Crippen molar-refractivity contribution >= 4 is 34.1 Å². The summed E-state index contributed by atoms with van der Waals surface area (Å²) in [7, 11) is 0. The highest BCUT2D eigenvalue weighted by Gasteiger charge is 2.23. The molecule has 2 aromatic heterocycles. The quantitative estimate of drug-likeness (QED) is 0.615. The van der Waals surface area contributed by atoms with Crippen molar-refractivity contribution in [3.05, 3.63) is 57.0 Å². The lowest BCUT2D eigenvalue weighted by Crippen LogP contribution is -2.41. The summed E-state index contributed by atoms with van der Waals surface area (Å²) >= 11 is 1.50. The van der Waals surface area contributed by atoms with E-state index in [9.17, 15) is 9.59 Å². The van der Waals surface area contributed by atoms with Crippen LogP contribution in [0.4, 0.5) is 0 Å². The first-order valence-electron chi connectivity index (χ1n) is 9.87. The predicted molar refractivity (Wildman–Crippen MR) is 112 cm³/mol. The smallest absolute Gasteiger partial charge is 0.305 e. The molecule has 2 heterocycles. The number of hydrazine groups is 1. The lowest BCUT2D eigenvalue weighted by Gasteiger charge is -2.16. The molecule has 0 bridgehead atoms. The number of nitrogens with one attached hydrogen (secondary N) is 2. The Balaban J connectivity index is 1.48. The maximum Gasteiger partial charge on any atom is 0.305 e. The Labute approximate surface area is 173 Å². The molecule has 3 aromatic rings. The van der Waals surface area contributed by atoms with Gasteiger partial charge in [-0.1, -0.05) is 25.1 Å². The SMILES string of the molecule is CCOCc1c(C(=O)NNC(=O)c2cc3c(s2)CC[C@@H](C)C3)oc2ccccc12. The second kappa shape index (κ2) is 8.39. The first-order chi connectivity index (χ1) is 14.1. The van der Waals surface area contributed by atoms with Crippen LogP contribution in [0.25, 0.3) is 11.0 Å². The summed E-state index contributed by atoms with van der Waals surface area (Å²) < 4.78 is 11.2. The van der Waals surface area contributed by atoms with E-state index in [1.54, 1.807) is 6.07 Å². The summed E-state index contributed by atoms with van der Waals surface area (Å²) in [6.45, 7) is 4.91. The van der Waals surface area contributed by atoms with Crippen LogP contribution < -0.4 is 10.9 Å². The number of furan rings is 1. The van der Waals surface area contributed by atoms with Crippen LogP contribution in [0.3, 0.4) is 0 Å². The summed E-state index contributed by atoms with van der Waals surface area (Å²) in [5, 5.41) is 0.831. The number of ether oxygens (including phenoxy) is 1. The Morgan fingerprint density at radius 3 is 2.86 bits per heavy atom. The van der Waals surface area contributed by atoms with Crippen LogP contribution in [0.2, 0.25) is 0 Å². The van der Waals surface area contributed by atoms with Gasteiger partial charge in [-0.3, -0.25) is 20.4 Å². The van der Waals surface area contributed by atoms with E-state index in [2.05, 4.69) is 17.8 Å². The van der Waals surface area contributed by atoms with Gasteiger partial charge in [-0.15, -0.1) is 11.3 Å². The molecule has 0 aliphatic heterocycles. The number of hydrogen-bond donors (Lipinski definition) is 2. The molecule has 1 aliphatic carbocycles. The summed E-state index contributed by atoms with van der Waals surface area (Å²) in [4.78, 5) is 27.1. The van der Waals surface area contributed by atoms with Crippen LogP contribution >= 0.6 is 11.3 Å². The summed E-state index contributed by atoms with van der Waals surface area (Å²) in [6, 6.07) is 9.37. The topological polar surface area (TPSA) is 80.6 Å². The van der Waals surface area contributed by atoms with E-state index in [-0.39, 0.29) is 18.3 Å². The van der Waals surface area contributed by atoms with Crippen molar-refractivity contribution in [2.75, 3.05) is 6.61 Å². The van der Waals surface area contributed by atoms with Crippen molar-refractivity contribution in [1.82, 2.24) is 10.9 Å². The van der Waals surface area contributed by atoms with Crippen LogP contribution in [-0.4, -0.2) is 18.4 Å². The summed E-state index contributed by atoms with van der Waals surface area (Å²) in [5.74, 6) is -0.0177. The molecule has 2 amide bonds. The number of para-hydroxylation sites is 1. The fourth-order valence-corrected chi connectivity index (χ4v) is 4.78. The fourth-order valence-electron chi connectivity index (χ4n) is 3.68. The van der Waals surface area contributed by atoms with Gasteiger partial charge >= 0.3 is 5.91 Å². The molecule has 1 atom stereocenters. The highest BCUT2D eigenvalue weighted by Crippen LogP contribution is 2.32. The first-order valence-corrected chi connectivity index (χ1v) is 10.7. The molecule has 7 heteroatoms. The lowest BCUT2D eigenvalue weighted by atomic mass is 9.90. The van der Waals surface area contributed by atoms with E-state index in [0.717, 1.165) is 24.6 Å². The van der Waals surface area contributed by atoms with Crippen molar-refractivity contribution in [3.8, 4) is 0 Å². The van der Waals surface area contributed by atoms with Crippen LogP contribution in [0.15, 0.2) is 34.7 Å². The van der Waals surface area contributed by atoms with Gasteiger partial charge in [-0.2, -0.15) is 0 Å². The van der Waals surface area contributed by atoms with Gasteiger partial charge in [0.2, 0.25) is 0 Å². The van der Waals surface area contributed by atoms with Crippen LogP contribution in [0, 0.1) is 5.92 Å². The Morgan fingerprint density at radius 1 is 1.24 bits per heavy atom. The van der Waals surface area contributed by atoms with Gasteiger partial charge in [0.25, 0.3) is 5.91 Å². The number of benzene rings is 1. The molecule has 2 N–H and O–H groups in total. The molecule has 0 saturated heterocycles. The molecule has 0 fully saturated rings. The van der Waals surface area contributed by atoms with E-state index < -0.39 is 5.91 Å². The number of carbonyl (C=O) groups is 2. The van der Waals surface area contributed by atoms with Gasteiger partial charge in [0.1, 0.15) is 5.58 Å². The zero-order valence-corrected chi connectivity index (χ0v) is 17.4. The minimum Gasteiger partial charge on any atom is -0.450 e. The van der Waals surface area contributed by atoms with Crippen molar-refractivity contribution in [3.63, 3.8) is 0 Å². The Kier molecular flexibility index (Phi) is 5.69. The van der Waals surface area contributed by atoms with Crippen molar-refractivity contribution in [2.45, 2.75) is 39.7 Å². The monoisotopic (exact) mass is 412 g/mol. The van der Waals surface area contributed by atoms with Gasteiger partial charge in [-0.25, -0.2) is 0 Å². The third-order valence-corrected chi connectivity index (χ3v) is 6.43. The molecule has 4 rings (SSSR count). The van der Waals surface area contributed by atoms with E-state index >= 15 is 0 Å². The Bertz CT molecular complexity index is 1050. The normalized spacial score (nSPS) is 15.9. The molecule has 0 radical (unpaired) electrons. The third kappa shape index (κ3) is 4.06. The Hall–Kier alpha value is -2.64. The average Bonchev–Trinajstić information content (AvgIpc) is 3.31. The second-order valence-corrected chi connectivity index (χ2v) is 8.50. The summed E-state index contributed by atoms with van der Waals surface area (Å²) in [6.07, 6.45) is 3.17. The van der Waals surface area contributed by atoms with Gasteiger partial charge in [0.15, 0.2) is 5.76 Å². The van der Waals surface area contributed by atoms with E-state index in [1.807, 2.05) is 31.2 Å². The maximum absolute atomic E-state index is 12.7. The molecular formula is C22H24N2O4S. The number of carbonyl (C=O) groups excluding carboxylic acids is 2. The average molecular weight is 413 g/mol. The van der Waals surface area contributed by atoms with Crippen LogP contribution in [-0.2, 0) is 24.2 Å². The molecule has 1 aromatic carbocycles. The molecule has 0 saturated carbocycles. The van der Waals surface area contributed by atoms with Crippen LogP contribution in [0.5, 0.6) is 0 Å². The highest BCUT2D eigenvalue weighted by molar-refractivity contribution is 7.14. The molecule has 29 heavy (non-hydrogen) atoms. The number of aryl methyl sites for hydroxylation is 1. The third-order valence-electron chi connectivity index (χ3n) is 5.20. The number of hydrogen-bond acceptors (Lipinski definition) is 5. The van der Waals surface area contributed by atoms with Crippen molar-refractivity contribution < 1.29 is 18.7 Å². The first kappa shape index (κ1) is 19.7. The zero-order valence-electron chi connectivity index (χ0n) is 16.5. The second-order valence-electron chi connectivity index (χ2n) is 7.36. The largest absolute Gasteiger partial charge is 0.450 e. The minimum absolute atomic E-state index is 0.152. The fraction of sp³-hybridized carbons (Fsp3) is 0.364. The van der Waals surface area contributed by atoms with E-state index in [4.69, 9.17) is 9.15 Å². The van der Waals surface area contributed by atoms with E-state index in [0.29, 0.717) is 28.5 Å². The zero-order chi connectivity index (χ0) is 20.4. The molecule has 0 spiro atoms. The lowest BCUT2D eigenvalue weighted by molar-refractivity contribution is 0.0827. The number of amides is 2. The molecule has 6 nitrogen and oxygen atoms in total. The molecular weight excluding hydrogens is 388 g/mol. The predicted octanol–water partition coefficient (Wildman–Crippen LogP) is 4.23. The van der Waals surface area contributed by atoms with Crippen molar-refractivity contribution in [2.24, 2.45) is 5.92 Å². The Morgan fingerprint density at radius 2 is 2.03 bits per heavy atom. The van der Waals surface area contributed by atoms with Crippen LogP contribution in [0.1, 0.15) is 56.5 Å². The van der Waals surface area contributed by atoms with E-state index in [1.165, 1.54) is 21.8 Å². The summed E-state index contributed by atoms with van der Waals surface area (Å²) in [5.41, 5.74) is 7.54. The molecule has 0 unspecified atom stereocenters. The van der Waals surface area contributed by atoms with Gasteiger partial charge < -0.3 is 9.15 Å². The number of rotatable bonds is 5. The number of fused-ring (bicyclic) bond motifs is 2. The minimum atomic E-state index is -0.501. The standard InChI is InChI=1S/C22H24N2O4S/c1-3-27-12-16-15-6-4-5-7-17(15)28-20(16)22(26)24-23-21(25)19-11-14-10-13(2)8-9-18(14)29-19/h4-7,11,13H,3,8-10,12H2,1-2H3,(H,23,25)(H,24,26)/t13-/m1/s1. The highest BCUT2D eigenvalue weighted by atomic mass is 32.1. The number of thiophene rings is 1. The molecule has 1 aliphatic rings. The van der Waals surface area contributed by atoms with Crippen molar-refractivity contribution in [1.29, 1.82) is 0 Å². The van der Waals surface area contributed by atoms with Gasteiger partial charge in [0.05, 0.1) is 11.5 Å².